The average Bonchev–Trinajstić information content (AvgIpc) is 2.84. The normalized spacial score (nSPS) is 16.2. The minimum Gasteiger partial charge on any atom is -0.356 e. The van der Waals surface area contributed by atoms with Crippen molar-refractivity contribution < 1.29 is 4.39 Å². The van der Waals surface area contributed by atoms with Gasteiger partial charge in [-0.1, -0.05) is 31.0 Å². The molecule has 1 aromatic rings. The minimum atomic E-state index is -0.184. The average molecular weight is 448 g/mol. The van der Waals surface area contributed by atoms with E-state index in [0.717, 1.165) is 25.5 Å². The van der Waals surface area contributed by atoms with Crippen LogP contribution in [-0.4, -0.2) is 44.1 Å². The highest BCUT2D eigenvalue weighted by Gasteiger charge is 2.08. The molecule has 1 fully saturated rings. The lowest BCUT2D eigenvalue weighted by molar-refractivity contribution is 0.282. The zero-order chi connectivity index (χ0) is 16.3. The number of nitrogens with one attached hydrogen (secondary N) is 2. The van der Waals surface area contributed by atoms with Gasteiger partial charge in [0.15, 0.2) is 5.96 Å². The van der Waals surface area contributed by atoms with Gasteiger partial charge in [-0.3, -0.25) is 4.99 Å². The van der Waals surface area contributed by atoms with E-state index in [0.29, 0.717) is 12.1 Å². The van der Waals surface area contributed by atoms with Gasteiger partial charge in [-0.25, -0.2) is 4.39 Å². The highest BCUT2D eigenvalue weighted by Crippen LogP contribution is 2.09. The molecule has 0 atom stereocenters. The van der Waals surface area contributed by atoms with Crippen LogP contribution < -0.4 is 10.6 Å². The second-order valence-electron chi connectivity index (χ2n) is 6.05. The molecule has 0 amide bonds. The van der Waals surface area contributed by atoms with Gasteiger partial charge in [0.2, 0.25) is 0 Å². The summed E-state index contributed by atoms with van der Waals surface area (Å²) in [5.41, 5.74) is 0.653. The smallest absolute Gasteiger partial charge is 0.191 e. The van der Waals surface area contributed by atoms with Crippen molar-refractivity contribution in [1.29, 1.82) is 0 Å². The van der Waals surface area contributed by atoms with Gasteiger partial charge in [0.05, 0.1) is 0 Å². The summed E-state index contributed by atoms with van der Waals surface area (Å²) >= 11 is 0. The lowest BCUT2D eigenvalue weighted by Crippen LogP contribution is -2.38. The molecule has 0 spiro atoms. The number of aliphatic imine (C=N–C) groups is 1. The van der Waals surface area contributed by atoms with Gasteiger partial charge < -0.3 is 15.5 Å². The van der Waals surface area contributed by atoms with E-state index in [1.807, 2.05) is 6.07 Å². The van der Waals surface area contributed by atoms with Crippen LogP contribution in [0.1, 0.15) is 37.7 Å². The number of halogens is 2. The first-order valence-electron chi connectivity index (χ1n) is 8.70. The van der Waals surface area contributed by atoms with Gasteiger partial charge in [0.1, 0.15) is 5.82 Å². The number of nitrogens with zero attached hydrogens (tertiary/aromatic N) is 2. The fourth-order valence-corrected chi connectivity index (χ4v) is 2.91. The summed E-state index contributed by atoms with van der Waals surface area (Å²) in [6, 6.07) is 6.82. The fraction of sp³-hybridized carbons (Fsp3) is 0.611. The summed E-state index contributed by atoms with van der Waals surface area (Å²) in [5.74, 6) is 0.542. The third kappa shape index (κ3) is 7.79. The number of guanidine groups is 1. The maximum absolute atomic E-state index is 13.6. The van der Waals surface area contributed by atoms with Crippen LogP contribution in [0.4, 0.5) is 4.39 Å². The molecule has 0 bridgehead atoms. The summed E-state index contributed by atoms with van der Waals surface area (Å²) in [5, 5.41) is 6.46. The van der Waals surface area contributed by atoms with Crippen LogP contribution in [-0.2, 0) is 6.54 Å². The Morgan fingerprint density at radius 1 is 1.12 bits per heavy atom. The molecule has 24 heavy (non-hydrogen) atoms. The minimum absolute atomic E-state index is 0. The Bertz CT molecular complexity index is 488. The highest BCUT2D eigenvalue weighted by atomic mass is 127. The number of benzene rings is 1. The standard InChI is InChI=1S/C18H29FN4.HI/c1-20-18(22-15-16-9-4-5-10-17(16)19)21-11-8-14-23-12-6-2-3-7-13-23;/h4-5,9-10H,2-3,6-8,11-15H2,1H3,(H2,20,21,22);1H. The van der Waals surface area contributed by atoms with E-state index in [-0.39, 0.29) is 29.8 Å². The Morgan fingerprint density at radius 3 is 2.50 bits per heavy atom. The van der Waals surface area contributed by atoms with Gasteiger partial charge in [0.25, 0.3) is 0 Å². The van der Waals surface area contributed by atoms with E-state index >= 15 is 0 Å². The van der Waals surface area contributed by atoms with Crippen molar-refractivity contribution in [3.8, 4) is 0 Å². The summed E-state index contributed by atoms with van der Waals surface area (Å²) in [7, 11) is 1.74. The molecule has 6 heteroatoms. The summed E-state index contributed by atoms with van der Waals surface area (Å²) in [6.07, 6.45) is 6.52. The van der Waals surface area contributed by atoms with Crippen molar-refractivity contribution >= 4 is 29.9 Å². The number of likely N-dealkylation sites (tertiary alicyclic amines) is 1. The third-order valence-electron chi connectivity index (χ3n) is 4.27. The number of hydrogen-bond donors (Lipinski definition) is 2. The Hall–Kier alpha value is -0.890. The molecule has 0 aliphatic carbocycles. The first-order valence-corrected chi connectivity index (χ1v) is 8.70. The molecule has 1 aromatic carbocycles. The van der Waals surface area contributed by atoms with Crippen LogP contribution in [0, 0.1) is 5.82 Å². The fourth-order valence-electron chi connectivity index (χ4n) is 2.91. The second kappa shape index (κ2) is 12.5. The zero-order valence-electron chi connectivity index (χ0n) is 14.6. The summed E-state index contributed by atoms with van der Waals surface area (Å²) < 4.78 is 13.6. The molecular weight excluding hydrogens is 418 g/mol. The van der Waals surface area contributed by atoms with E-state index in [2.05, 4.69) is 20.5 Å². The van der Waals surface area contributed by atoms with Crippen LogP contribution in [0.15, 0.2) is 29.3 Å². The molecule has 1 aliphatic heterocycles. The maximum atomic E-state index is 13.6. The zero-order valence-corrected chi connectivity index (χ0v) is 16.9. The Balaban J connectivity index is 0.00000288. The lowest BCUT2D eigenvalue weighted by Gasteiger charge is -2.20. The van der Waals surface area contributed by atoms with Crippen LogP contribution in [0.2, 0.25) is 0 Å². The Morgan fingerprint density at radius 2 is 1.83 bits per heavy atom. The quantitative estimate of drug-likeness (QED) is 0.304. The molecule has 2 rings (SSSR count). The van der Waals surface area contributed by atoms with Crippen LogP contribution in [0.5, 0.6) is 0 Å². The maximum Gasteiger partial charge on any atom is 0.191 e. The first-order chi connectivity index (χ1) is 11.3. The number of rotatable bonds is 6. The molecule has 0 radical (unpaired) electrons. The van der Waals surface area contributed by atoms with E-state index in [4.69, 9.17) is 0 Å². The molecule has 136 valence electrons. The molecule has 0 saturated carbocycles. The molecule has 1 heterocycles. The van der Waals surface area contributed by atoms with Crippen molar-refractivity contribution in [1.82, 2.24) is 15.5 Å². The van der Waals surface area contributed by atoms with Gasteiger partial charge >= 0.3 is 0 Å². The van der Waals surface area contributed by atoms with E-state index in [9.17, 15) is 4.39 Å². The van der Waals surface area contributed by atoms with Crippen LogP contribution in [0.25, 0.3) is 0 Å². The van der Waals surface area contributed by atoms with E-state index in [1.165, 1.54) is 44.8 Å². The van der Waals surface area contributed by atoms with Gasteiger partial charge in [-0.15, -0.1) is 24.0 Å². The van der Waals surface area contributed by atoms with Crippen molar-refractivity contribution in [2.45, 2.75) is 38.6 Å². The molecule has 4 nitrogen and oxygen atoms in total. The van der Waals surface area contributed by atoms with E-state index in [1.54, 1.807) is 19.2 Å². The van der Waals surface area contributed by atoms with Crippen molar-refractivity contribution in [2.75, 3.05) is 33.2 Å². The molecule has 0 aromatic heterocycles. The molecule has 0 unspecified atom stereocenters. The van der Waals surface area contributed by atoms with Crippen LogP contribution in [0.3, 0.4) is 0 Å². The van der Waals surface area contributed by atoms with Gasteiger partial charge in [0, 0.05) is 25.7 Å². The molecule has 1 saturated heterocycles. The monoisotopic (exact) mass is 448 g/mol. The lowest BCUT2D eigenvalue weighted by atomic mass is 10.2. The second-order valence-corrected chi connectivity index (χ2v) is 6.05. The Kier molecular flexibility index (Phi) is 11.0. The molecule has 2 N–H and O–H groups in total. The summed E-state index contributed by atoms with van der Waals surface area (Å²) in [4.78, 5) is 6.75. The summed E-state index contributed by atoms with van der Waals surface area (Å²) in [6.45, 7) is 4.93. The molecular formula is C18H30FIN4. The highest BCUT2D eigenvalue weighted by molar-refractivity contribution is 14.0. The molecule has 1 aliphatic rings. The van der Waals surface area contributed by atoms with Crippen LogP contribution >= 0.6 is 24.0 Å². The predicted molar refractivity (Wildman–Crippen MR) is 110 cm³/mol. The van der Waals surface area contributed by atoms with Gasteiger partial charge in [-0.2, -0.15) is 0 Å². The van der Waals surface area contributed by atoms with Crippen molar-refractivity contribution in [3.63, 3.8) is 0 Å². The SMILES string of the molecule is CN=C(NCCCN1CCCCCC1)NCc1ccccc1F.I. The largest absolute Gasteiger partial charge is 0.356 e. The van der Waals surface area contributed by atoms with Gasteiger partial charge in [-0.05, 0) is 45.0 Å². The Labute approximate surface area is 162 Å². The van der Waals surface area contributed by atoms with E-state index < -0.39 is 0 Å². The topological polar surface area (TPSA) is 39.7 Å². The third-order valence-corrected chi connectivity index (χ3v) is 4.27. The number of hydrogen-bond acceptors (Lipinski definition) is 2. The van der Waals surface area contributed by atoms with Crippen molar-refractivity contribution in [3.05, 3.63) is 35.6 Å². The van der Waals surface area contributed by atoms with Crippen molar-refractivity contribution in [2.24, 2.45) is 4.99 Å². The predicted octanol–water partition coefficient (Wildman–Crippen LogP) is 3.37. The first kappa shape index (κ1) is 21.2.